The molecule has 1 aromatic heterocycles. The van der Waals surface area contributed by atoms with Crippen LogP contribution in [0.5, 0.6) is 0 Å². The van der Waals surface area contributed by atoms with Gasteiger partial charge < -0.3 is 15.0 Å². The minimum Gasteiger partial charge on any atom is -0.370 e. The van der Waals surface area contributed by atoms with Crippen molar-refractivity contribution in [3.8, 4) is 0 Å². The van der Waals surface area contributed by atoms with Crippen LogP contribution in [0.4, 0.5) is 13.2 Å². The maximum Gasteiger partial charge on any atom is 0.416 e. The molecule has 0 aliphatic carbocycles. The van der Waals surface area contributed by atoms with Gasteiger partial charge in [0.2, 0.25) is 0 Å². The molecule has 1 aliphatic heterocycles. The van der Waals surface area contributed by atoms with Gasteiger partial charge in [-0.15, -0.1) is 35.3 Å². The molecule has 1 saturated heterocycles. The van der Waals surface area contributed by atoms with E-state index >= 15 is 0 Å². The van der Waals surface area contributed by atoms with Crippen LogP contribution in [0.25, 0.3) is 0 Å². The number of aliphatic imine (C=N–C) groups is 1. The number of alkyl halides is 3. The van der Waals surface area contributed by atoms with E-state index in [1.807, 2.05) is 11.1 Å². The minimum absolute atomic E-state index is 0. The first-order chi connectivity index (χ1) is 13.4. The molecule has 0 amide bonds. The van der Waals surface area contributed by atoms with Crippen LogP contribution in [0.3, 0.4) is 0 Å². The van der Waals surface area contributed by atoms with Crippen molar-refractivity contribution < 1.29 is 17.9 Å². The number of nitrogens with zero attached hydrogens (tertiary/aromatic N) is 3. The van der Waals surface area contributed by atoms with Gasteiger partial charge >= 0.3 is 6.18 Å². The van der Waals surface area contributed by atoms with E-state index in [2.05, 4.69) is 22.2 Å². The van der Waals surface area contributed by atoms with Crippen LogP contribution in [-0.4, -0.2) is 42.6 Å². The molecule has 1 unspecified atom stereocenters. The maximum absolute atomic E-state index is 13.0. The highest BCUT2D eigenvalue weighted by atomic mass is 127. The number of ether oxygens (including phenoxy) is 1. The van der Waals surface area contributed by atoms with Crippen LogP contribution < -0.4 is 5.32 Å². The topological polar surface area (TPSA) is 49.8 Å². The lowest BCUT2D eigenvalue weighted by Gasteiger charge is -2.35. The molecule has 2 aromatic rings. The second-order valence-electron chi connectivity index (χ2n) is 6.40. The number of halogens is 4. The zero-order chi connectivity index (χ0) is 20.1. The van der Waals surface area contributed by atoms with Gasteiger partial charge in [0, 0.05) is 24.7 Å². The number of thiazole rings is 1. The van der Waals surface area contributed by atoms with Crippen LogP contribution in [0.15, 0.2) is 35.5 Å². The molecule has 29 heavy (non-hydrogen) atoms. The average molecular weight is 540 g/mol. The summed E-state index contributed by atoms with van der Waals surface area (Å²) >= 11 is 1.65. The zero-order valence-corrected chi connectivity index (χ0v) is 19.3. The van der Waals surface area contributed by atoms with Crippen molar-refractivity contribution in [2.45, 2.75) is 32.2 Å². The lowest BCUT2D eigenvalue weighted by Crippen LogP contribution is -2.48. The van der Waals surface area contributed by atoms with E-state index in [-0.39, 0.29) is 24.0 Å². The van der Waals surface area contributed by atoms with Gasteiger partial charge in [0.1, 0.15) is 11.1 Å². The third kappa shape index (κ3) is 6.29. The molecule has 160 valence electrons. The first kappa shape index (κ1) is 23.9. The second-order valence-corrected chi connectivity index (χ2v) is 7.60. The second kappa shape index (κ2) is 10.6. The van der Waals surface area contributed by atoms with Gasteiger partial charge in [0.05, 0.1) is 25.3 Å². The number of hydrogen-bond donors (Lipinski definition) is 1. The Hall–Kier alpha value is -1.40. The van der Waals surface area contributed by atoms with Crippen molar-refractivity contribution in [3.63, 3.8) is 0 Å². The highest BCUT2D eigenvalue weighted by Gasteiger charge is 2.32. The lowest BCUT2D eigenvalue weighted by atomic mass is 10.0. The van der Waals surface area contributed by atoms with Gasteiger partial charge in [0.25, 0.3) is 0 Å². The van der Waals surface area contributed by atoms with Gasteiger partial charge in [-0.1, -0.05) is 19.1 Å². The standard InChI is InChI=1S/C19H23F3N4OS.HI/c1-3-15-10-24-17(28-15)11-25-18(23-2)26-7-8-27-16(12-26)13-5-4-6-14(9-13)19(20,21)22;/h4-6,9-10,16H,3,7-8,11-12H2,1-2H3,(H,23,25);1H. The van der Waals surface area contributed by atoms with E-state index in [4.69, 9.17) is 4.74 Å². The van der Waals surface area contributed by atoms with Crippen molar-refractivity contribution in [1.29, 1.82) is 0 Å². The molecule has 0 radical (unpaired) electrons. The van der Waals surface area contributed by atoms with E-state index in [9.17, 15) is 13.2 Å². The first-order valence-corrected chi connectivity index (χ1v) is 9.90. The predicted octanol–water partition coefficient (Wildman–Crippen LogP) is 4.49. The monoisotopic (exact) mass is 540 g/mol. The fourth-order valence-corrected chi connectivity index (χ4v) is 3.84. The number of aromatic nitrogens is 1. The Balaban J connectivity index is 0.00000300. The molecule has 0 saturated carbocycles. The summed E-state index contributed by atoms with van der Waals surface area (Å²) < 4.78 is 44.7. The van der Waals surface area contributed by atoms with Crippen LogP contribution in [0, 0.1) is 0 Å². The summed E-state index contributed by atoms with van der Waals surface area (Å²) in [6.45, 7) is 4.11. The van der Waals surface area contributed by atoms with Crippen molar-refractivity contribution in [2.24, 2.45) is 4.99 Å². The molecule has 5 nitrogen and oxygen atoms in total. The fourth-order valence-electron chi connectivity index (χ4n) is 3.04. The van der Waals surface area contributed by atoms with Crippen molar-refractivity contribution >= 4 is 41.3 Å². The molecule has 0 bridgehead atoms. The number of hydrogen-bond acceptors (Lipinski definition) is 4. The van der Waals surface area contributed by atoms with Crippen LogP contribution in [0.1, 0.15) is 34.0 Å². The van der Waals surface area contributed by atoms with Gasteiger partial charge in [-0.05, 0) is 24.1 Å². The third-order valence-corrected chi connectivity index (χ3v) is 5.65. The van der Waals surface area contributed by atoms with E-state index in [1.165, 1.54) is 10.9 Å². The Morgan fingerprint density at radius 1 is 1.41 bits per heavy atom. The maximum atomic E-state index is 13.0. The van der Waals surface area contributed by atoms with E-state index in [1.54, 1.807) is 24.5 Å². The number of benzene rings is 1. The molecule has 0 spiro atoms. The Bertz CT molecular complexity index is 828. The van der Waals surface area contributed by atoms with Gasteiger partial charge in [-0.2, -0.15) is 13.2 Å². The Labute approximate surface area is 189 Å². The lowest BCUT2D eigenvalue weighted by molar-refractivity contribution is -0.137. The smallest absolute Gasteiger partial charge is 0.370 e. The summed E-state index contributed by atoms with van der Waals surface area (Å²) in [5.74, 6) is 0.688. The molecule has 1 fully saturated rings. The highest BCUT2D eigenvalue weighted by molar-refractivity contribution is 14.0. The first-order valence-electron chi connectivity index (χ1n) is 9.08. The fraction of sp³-hybridized carbons (Fsp3) is 0.474. The molecule has 10 heteroatoms. The highest BCUT2D eigenvalue weighted by Crippen LogP contribution is 2.32. The Morgan fingerprint density at radius 2 is 2.21 bits per heavy atom. The molecule has 3 rings (SSSR count). The number of nitrogens with one attached hydrogen (secondary N) is 1. The minimum atomic E-state index is -4.37. The van der Waals surface area contributed by atoms with E-state index < -0.39 is 17.8 Å². The Morgan fingerprint density at radius 3 is 2.86 bits per heavy atom. The summed E-state index contributed by atoms with van der Waals surface area (Å²) in [5.41, 5.74) is -0.147. The van der Waals surface area contributed by atoms with Crippen molar-refractivity contribution in [2.75, 3.05) is 26.7 Å². The third-order valence-electron chi connectivity index (χ3n) is 4.51. The summed E-state index contributed by atoms with van der Waals surface area (Å²) in [6, 6.07) is 5.32. The molecular formula is C19H24F3IN4OS. The zero-order valence-electron chi connectivity index (χ0n) is 16.2. The summed E-state index contributed by atoms with van der Waals surface area (Å²) in [7, 11) is 1.69. The Kier molecular flexibility index (Phi) is 8.71. The SMILES string of the molecule is CCc1cnc(CNC(=NC)N2CCOC(c3cccc(C(F)(F)F)c3)C2)s1.I. The van der Waals surface area contributed by atoms with Crippen molar-refractivity contribution in [3.05, 3.63) is 51.5 Å². The summed E-state index contributed by atoms with van der Waals surface area (Å²) in [6.07, 6.45) is -1.98. The normalized spacial score (nSPS) is 17.8. The van der Waals surface area contributed by atoms with Crippen LogP contribution in [0.2, 0.25) is 0 Å². The summed E-state index contributed by atoms with van der Waals surface area (Å²) in [5, 5.41) is 4.26. The van der Waals surface area contributed by atoms with Gasteiger partial charge in [-0.25, -0.2) is 4.98 Å². The summed E-state index contributed by atoms with van der Waals surface area (Å²) in [4.78, 5) is 11.9. The number of aryl methyl sites for hydroxylation is 1. The molecule has 1 aromatic carbocycles. The quantitative estimate of drug-likeness (QED) is 0.353. The molecule has 2 heterocycles. The number of rotatable bonds is 4. The molecule has 1 N–H and O–H groups in total. The predicted molar refractivity (Wildman–Crippen MR) is 119 cm³/mol. The van der Waals surface area contributed by atoms with Gasteiger partial charge in [-0.3, -0.25) is 4.99 Å². The van der Waals surface area contributed by atoms with Crippen molar-refractivity contribution in [1.82, 2.24) is 15.2 Å². The number of guanidine groups is 1. The van der Waals surface area contributed by atoms with Crippen LogP contribution >= 0.6 is 35.3 Å². The van der Waals surface area contributed by atoms with Gasteiger partial charge in [0.15, 0.2) is 5.96 Å². The van der Waals surface area contributed by atoms with E-state index in [0.717, 1.165) is 23.6 Å². The van der Waals surface area contributed by atoms with E-state index in [0.29, 0.717) is 37.8 Å². The molecule has 1 aliphatic rings. The van der Waals surface area contributed by atoms with Crippen LogP contribution in [-0.2, 0) is 23.9 Å². The molecular weight excluding hydrogens is 516 g/mol. The molecule has 1 atom stereocenters. The largest absolute Gasteiger partial charge is 0.416 e. The average Bonchev–Trinajstić information content (AvgIpc) is 3.16. The number of morpholine rings is 1.